The first kappa shape index (κ1) is 16.2. The molecule has 0 aromatic heterocycles. The molecular formula is C15H21N3O4. The van der Waals surface area contributed by atoms with Crippen LogP contribution in [0.2, 0.25) is 0 Å². The molecule has 0 bridgehead atoms. The minimum atomic E-state index is -0.476. The summed E-state index contributed by atoms with van der Waals surface area (Å²) < 4.78 is 0. The van der Waals surface area contributed by atoms with Crippen LogP contribution in [0.5, 0.6) is 0 Å². The maximum Gasteiger partial charge on any atom is 0.292 e. The molecule has 7 nitrogen and oxygen atoms in total. The van der Waals surface area contributed by atoms with Crippen LogP contribution < -0.4 is 10.6 Å². The van der Waals surface area contributed by atoms with Crippen molar-refractivity contribution < 1.29 is 14.8 Å². The van der Waals surface area contributed by atoms with Crippen molar-refractivity contribution in [3.8, 4) is 0 Å². The highest BCUT2D eigenvalue weighted by atomic mass is 16.6. The molecule has 1 saturated carbocycles. The lowest BCUT2D eigenvalue weighted by atomic mass is 9.86. The van der Waals surface area contributed by atoms with Gasteiger partial charge in [0.1, 0.15) is 5.69 Å². The molecule has 1 amide bonds. The molecule has 3 N–H and O–H groups in total. The molecule has 1 aromatic carbocycles. The Labute approximate surface area is 128 Å². The average molecular weight is 307 g/mol. The fourth-order valence-corrected chi connectivity index (χ4v) is 2.73. The summed E-state index contributed by atoms with van der Waals surface area (Å²) in [6, 6.07) is 6.38. The van der Waals surface area contributed by atoms with E-state index in [1.807, 2.05) is 0 Å². The molecule has 0 saturated heterocycles. The summed E-state index contributed by atoms with van der Waals surface area (Å²) in [7, 11) is 0. The van der Waals surface area contributed by atoms with Crippen LogP contribution in [-0.4, -0.2) is 35.1 Å². The number of aliphatic hydroxyl groups excluding tert-OH is 1. The first-order valence-electron chi connectivity index (χ1n) is 7.47. The Morgan fingerprint density at radius 1 is 1.27 bits per heavy atom. The van der Waals surface area contributed by atoms with E-state index in [2.05, 4.69) is 10.6 Å². The van der Waals surface area contributed by atoms with Gasteiger partial charge >= 0.3 is 0 Å². The molecule has 1 aliphatic rings. The lowest BCUT2D eigenvalue weighted by Gasteiger charge is -2.28. The summed E-state index contributed by atoms with van der Waals surface area (Å²) >= 11 is 0. The molecule has 0 aliphatic heterocycles. The number of nitro groups is 1. The van der Waals surface area contributed by atoms with Gasteiger partial charge in [-0.25, -0.2) is 0 Å². The van der Waals surface area contributed by atoms with E-state index in [1.54, 1.807) is 18.2 Å². The largest absolute Gasteiger partial charge is 0.396 e. The number of rotatable bonds is 6. The van der Waals surface area contributed by atoms with E-state index in [1.165, 1.54) is 6.07 Å². The number of amides is 1. The first-order chi connectivity index (χ1) is 10.6. The van der Waals surface area contributed by atoms with Gasteiger partial charge in [-0.15, -0.1) is 0 Å². The Bertz CT molecular complexity index is 527. The summed E-state index contributed by atoms with van der Waals surface area (Å²) in [5.74, 6) is 0.170. The van der Waals surface area contributed by atoms with Gasteiger partial charge in [-0.05, 0) is 37.7 Å². The Morgan fingerprint density at radius 2 is 1.95 bits per heavy atom. The number of hydrogen-bond donors (Lipinski definition) is 3. The SMILES string of the molecule is O=C(CNc1ccccc1[N+](=O)[O-])NC1CCC(CO)CC1. The van der Waals surface area contributed by atoms with Crippen LogP contribution in [-0.2, 0) is 4.79 Å². The standard InChI is InChI=1S/C15H21N3O4/c19-10-11-5-7-12(8-6-11)17-15(20)9-16-13-3-1-2-4-14(13)18(21)22/h1-4,11-12,16,19H,5-10H2,(H,17,20). The third-order valence-electron chi connectivity index (χ3n) is 4.01. The number of nitro benzene ring substituents is 1. The van der Waals surface area contributed by atoms with Gasteiger partial charge in [-0.3, -0.25) is 14.9 Å². The summed E-state index contributed by atoms with van der Waals surface area (Å²) in [6.07, 6.45) is 3.56. The van der Waals surface area contributed by atoms with E-state index < -0.39 is 4.92 Å². The number of anilines is 1. The summed E-state index contributed by atoms with van der Waals surface area (Å²) in [5, 5.41) is 25.7. The highest BCUT2D eigenvalue weighted by Crippen LogP contribution is 2.24. The van der Waals surface area contributed by atoms with E-state index in [0.717, 1.165) is 25.7 Å². The number of para-hydroxylation sites is 2. The van der Waals surface area contributed by atoms with Crippen molar-refractivity contribution in [3.63, 3.8) is 0 Å². The number of aliphatic hydroxyl groups is 1. The molecule has 2 rings (SSSR count). The van der Waals surface area contributed by atoms with Gasteiger partial charge in [0.2, 0.25) is 5.91 Å². The predicted octanol–water partition coefficient (Wildman–Crippen LogP) is 1.67. The van der Waals surface area contributed by atoms with Crippen LogP contribution in [0.3, 0.4) is 0 Å². The molecule has 0 atom stereocenters. The highest BCUT2D eigenvalue weighted by Gasteiger charge is 2.22. The fraction of sp³-hybridized carbons (Fsp3) is 0.533. The fourth-order valence-electron chi connectivity index (χ4n) is 2.73. The molecule has 0 radical (unpaired) electrons. The van der Waals surface area contributed by atoms with Crippen LogP contribution in [0.15, 0.2) is 24.3 Å². The topological polar surface area (TPSA) is 104 Å². The van der Waals surface area contributed by atoms with Crippen molar-refractivity contribution in [1.29, 1.82) is 0 Å². The molecule has 0 unspecified atom stereocenters. The third-order valence-corrected chi connectivity index (χ3v) is 4.01. The van der Waals surface area contributed by atoms with Crippen molar-refractivity contribution in [2.75, 3.05) is 18.5 Å². The lowest BCUT2D eigenvalue weighted by Crippen LogP contribution is -2.40. The molecule has 1 aromatic rings. The minimum Gasteiger partial charge on any atom is -0.396 e. The van der Waals surface area contributed by atoms with Gasteiger partial charge in [-0.2, -0.15) is 0 Å². The number of carbonyl (C=O) groups is 1. The second kappa shape index (κ2) is 7.74. The quantitative estimate of drug-likeness (QED) is 0.548. The lowest BCUT2D eigenvalue weighted by molar-refractivity contribution is -0.383. The second-order valence-corrected chi connectivity index (χ2v) is 5.60. The van der Waals surface area contributed by atoms with Crippen LogP contribution in [0.4, 0.5) is 11.4 Å². The number of carbonyl (C=O) groups excluding carboxylic acids is 1. The van der Waals surface area contributed by atoms with Gasteiger partial charge in [-0.1, -0.05) is 12.1 Å². The van der Waals surface area contributed by atoms with Crippen molar-refractivity contribution in [1.82, 2.24) is 5.32 Å². The molecule has 1 fully saturated rings. The van der Waals surface area contributed by atoms with Crippen molar-refractivity contribution >= 4 is 17.3 Å². The molecule has 7 heteroatoms. The van der Waals surface area contributed by atoms with Gasteiger partial charge in [0, 0.05) is 18.7 Å². The zero-order valence-electron chi connectivity index (χ0n) is 12.3. The summed E-state index contributed by atoms with van der Waals surface area (Å²) in [6.45, 7) is 0.213. The van der Waals surface area contributed by atoms with Crippen LogP contribution in [0, 0.1) is 16.0 Å². The third kappa shape index (κ3) is 4.42. The zero-order valence-corrected chi connectivity index (χ0v) is 12.3. The molecule has 0 heterocycles. The number of benzene rings is 1. The van der Waals surface area contributed by atoms with E-state index in [4.69, 9.17) is 5.11 Å². The Balaban J connectivity index is 1.80. The van der Waals surface area contributed by atoms with Crippen LogP contribution >= 0.6 is 0 Å². The Morgan fingerprint density at radius 3 is 2.59 bits per heavy atom. The number of hydrogen-bond acceptors (Lipinski definition) is 5. The minimum absolute atomic E-state index is 0.00474. The van der Waals surface area contributed by atoms with Gasteiger partial charge in [0.25, 0.3) is 5.69 Å². The Kier molecular flexibility index (Phi) is 5.71. The Hall–Kier alpha value is -2.15. The number of nitrogens with one attached hydrogen (secondary N) is 2. The van der Waals surface area contributed by atoms with Crippen molar-refractivity contribution in [3.05, 3.63) is 34.4 Å². The van der Waals surface area contributed by atoms with Crippen molar-refractivity contribution in [2.45, 2.75) is 31.7 Å². The molecule has 120 valence electrons. The van der Waals surface area contributed by atoms with E-state index >= 15 is 0 Å². The van der Waals surface area contributed by atoms with Gasteiger partial charge < -0.3 is 15.7 Å². The van der Waals surface area contributed by atoms with Crippen molar-refractivity contribution in [2.24, 2.45) is 5.92 Å². The highest BCUT2D eigenvalue weighted by molar-refractivity contribution is 5.81. The first-order valence-corrected chi connectivity index (χ1v) is 7.47. The molecule has 22 heavy (non-hydrogen) atoms. The molecule has 1 aliphatic carbocycles. The maximum absolute atomic E-state index is 11.9. The van der Waals surface area contributed by atoms with E-state index in [-0.39, 0.29) is 30.8 Å². The monoisotopic (exact) mass is 307 g/mol. The van der Waals surface area contributed by atoms with Crippen LogP contribution in [0.1, 0.15) is 25.7 Å². The van der Waals surface area contributed by atoms with E-state index in [9.17, 15) is 14.9 Å². The van der Waals surface area contributed by atoms with Crippen LogP contribution in [0.25, 0.3) is 0 Å². The second-order valence-electron chi connectivity index (χ2n) is 5.60. The summed E-state index contributed by atoms with van der Waals surface area (Å²) in [4.78, 5) is 22.3. The average Bonchev–Trinajstić information content (AvgIpc) is 2.54. The van der Waals surface area contributed by atoms with E-state index in [0.29, 0.717) is 11.6 Å². The zero-order chi connectivity index (χ0) is 15.9. The normalized spacial score (nSPS) is 21.1. The predicted molar refractivity (Wildman–Crippen MR) is 82.6 cm³/mol. The maximum atomic E-state index is 11.9. The van der Waals surface area contributed by atoms with Gasteiger partial charge in [0.15, 0.2) is 0 Å². The molecular weight excluding hydrogens is 286 g/mol. The molecule has 0 spiro atoms. The summed E-state index contributed by atoms with van der Waals surface area (Å²) in [5.41, 5.74) is 0.297. The number of nitrogens with zero attached hydrogens (tertiary/aromatic N) is 1. The van der Waals surface area contributed by atoms with Gasteiger partial charge in [0.05, 0.1) is 11.5 Å². The smallest absolute Gasteiger partial charge is 0.292 e.